The molecule has 0 aliphatic rings. The molecule has 1 heterocycles. The zero-order valence-corrected chi connectivity index (χ0v) is 8.48. The summed E-state index contributed by atoms with van der Waals surface area (Å²) in [5.74, 6) is -0.102. The minimum atomic E-state index is -0.817. The summed E-state index contributed by atoms with van der Waals surface area (Å²) in [6, 6.07) is 1.88. The number of hydrogen-bond acceptors (Lipinski definition) is 3. The molecule has 1 aromatic heterocycles. The molecule has 0 radical (unpaired) electrons. The third-order valence-electron chi connectivity index (χ3n) is 1.50. The van der Waals surface area contributed by atoms with Crippen LogP contribution in [0, 0.1) is 6.92 Å². The van der Waals surface area contributed by atoms with Crippen molar-refractivity contribution in [3.63, 3.8) is 0 Å². The van der Waals surface area contributed by atoms with Gasteiger partial charge >= 0.3 is 5.97 Å². The van der Waals surface area contributed by atoms with E-state index in [0.29, 0.717) is 12.4 Å². The molecule has 0 saturated heterocycles. The van der Waals surface area contributed by atoms with Gasteiger partial charge in [0.1, 0.15) is 5.75 Å². The second kappa shape index (κ2) is 4.28. The Morgan fingerprint density at radius 1 is 1.69 bits per heavy atom. The van der Waals surface area contributed by atoms with Gasteiger partial charge in [-0.2, -0.15) is 0 Å². The van der Waals surface area contributed by atoms with Gasteiger partial charge in [-0.25, -0.2) is 0 Å². The highest BCUT2D eigenvalue weighted by Gasteiger charge is 2.10. The molecule has 1 aromatic rings. The molecule has 0 aliphatic heterocycles. The van der Waals surface area contributed by atoms with Crippen LogP contribution >= 0.6 is 11.3 Å². The van der Waals surface area contributed by atoms with Crippen LogP contribution in [0.15, 0.2) is 6.07 Å². The van der Waals surface area contributed by atoms with Crippen molar-refractivity contribution in [2.24, 2.45) is 0 Å². The number of aryl methyl sites for hydroxylation is 1. The first-order valence-corrected chi connectivity index (χ1v) is 4.89. The van der Waals surface area contributed by atoms with Crippen LogP contribution in [-0.2, 0) is 11.2 Å². The molecule has 13 heavy (non-hydrogen) atoms. The molecule has 0 aliphatic carbocycles. The van der Waals surface area contributed by atoms with Crippen molar-refractivity contribution in [2.45, 2.75) is 20.3 Å². The van der Waals surface area contributed by atoms with E-state index in [4.69, 9.17) is 9.84 Å². The lowest BCUT2D eigenvalue weighted by molar-refractivity contribution is -0.136. The zero-order valence-electron chi connectivity index (χ0n) is 7.66. The lowest BCUT2D eigenvalue weighted by atomic mass is 10.3. The minimum Gasteiger partial charge on any atom is -0.493 e. The van der Waals surface area contributed by atoms with Crippen LogP contribution in [0.1, 0.15) is 16.7 Å². The first-order chi connectivity index (χ1) is 6.13. The summed E-state index contributed by atoms with van der Waals surface area (Å²) >= 11 is 1.48. The Balaban J connectivity index is 2.83. The van der Waals surface area contributed by atoms with E-state index in [1.54, 1.807) is 0 Å². The molecule has 0 amide bonds. The summed E-state index contributed by atoms with van der Waals surface area (Å²) in [6.07, 6.45) is 0.0494. The maximum Gasteiger partial charge on any atom is 0.308 e. The van der Waals surface area contributed by atoms with E-state index >= 15 is 0 Å². The average molecular weight is 200 g/mol. The molecule has 0 spiro atoms. The number of thiophene rings is 1. The molecule has 0 atom stereocenters. The van der Waals surface area contributed by atoms with Gasteiger partial charge in [0.15, 0.2) is 0 Å². The van der Waals surface area contributed by atoms with Crippen molar-refractivity contribution < 1.29 is 14.6 Å². The van der Waals surface area contributed by atoms with E-state index < -0.39 is 5.97 Å². The summed E-state index contributed by atoms with van der Waals surface area (Å²) < 4.78 is 5.31. The van der Waals surface area contributed by atoms with Crippen LogP contribution in [-0.4, -0.2) is 17.7 Å². The van der Waals surface area contributed by atoms with Gasteiger partial charge in [0, 0.05) is 4.88 Å². The first-order valence-electron chi connectivity index (χ1n) is 4.07. The molecule has 0 unspecified atom stereocenters. The number of carboxylic acid groups (broad SMARTS) is 1. The van der Waals surface area contributed by atoms with Gasteiger partial charge in [0.2, 0.25) is 0 Å². The molecule has 0 saturated carbocycles. The highest BCUT2D eigenvalue weighted by molar-refractivity contribution is 7.12. The van der Waals surface area contributed by atoms with E-state index in [2.05, 4.69) is 0 Å². The molecule has 4 heteroatoms. The lowest BCUT2D eigenvalue weighted by Crippen LogP contribution is -2.00. The number of aliphatic carboxylic acids is 1. The Kier molecular flexibility index (Phi) is 3.31. The highest BCUT2D eigenvalue weighted by Crippen LogP contribution is 2.29. The quantitative estimate of drug-likeness (QED) is 0.809. The van der Waals surface area contributed by atoms with Crippen LogP contribution in [0.3, 0.4) is 0 Å². The fourth-order valence-electron chi connectivity index (χ4n) is 1.08. The van der Waals surface area contributed by atoms with Crippen LogP contribution in [0.4, 0.5) is 0 Å². The molecule has 0 aromatic carbocycles. The number of carbonyl (C=O) groups is 1. The number of rotatable bonds is 4. The Bertz CT molecular complexity index is 304. The van der Waals surface area contributed by atoms with Gasteiger partial charge in [0.05, 0.1) is 17.9 Å². The maximum atomic E-state index is 10.5. The average Bonchev–Trinajstić information content (AvgIpc) is 2.31. The Morgan fingerprint density at radius 2 is 2.38 bits per heavy atom. The van der Waals surface area contributed by atoms with Gasteiger partial charge in [-0.15, -0.1) is 11.3 Å². The second-order valence-corrected chi connectivity index (χ2v) is 3.99. The van der Waals surface area contributed by atoms with E-state index in [1.165, 1.54) is 11.3 Å². The molecule has 0 fully saturated rings. The Morgan fingerprint density at radius 3 is 2.92 bits per heavy atom. The predicted octanol–water partition coefficient (Wildman–Crippen LogP) is 2.08. The van der Waals surface area contributed by atoms with E-state index in [-0.39, 0.29) is 6.42 Å². The molecule has 1 N–H and O–H groups in total. The van der Waals surface area contributed by atoms with Crippen LogP contribution < -0.4 is 4.74 Å². The summed E-state index contributed by atoms with van der Waals surface area (Å²) in [6.45, 7) is 4.40. The van der Waals surface area contributed by atoms with Crippen LogP contribution in [0.25, 0.3) is 0 Å². The van der Waals surface area contributed by atoms with Gasteiger partial charge in [-0.1, -0.05) is 0 Å². The van der Waals surface area contributed by atoms with Gasteiger partial charge < -0.3 is 9.84 Å². The van der Waals surface area contributed by atoms with Crippen molar-refractivity contribution in [1.29, 1.82) is 0 Å². The van der Waals surface area contributed by atoms with Crippen molar-refractivity contribution in [2.75, 3.05) is 6.61 Å². The minimum absolute atomic E-state index is 0.0494. The van der Waals surface area contributed by atoms with E-state index in [0.717, 1.165) is 9.75 Å². The highest BCUT2D eigenvalue weighted by atomic mass is 32.1. The fourth-order valence-corrected chi connectivity index (χ4v) is 2.05. The molecular formula is C9H12O3S. The molecule has 72 valence electrons. The molecule has 3 nitrogen and oxygen atoms in total. The topological polar surface area (TPSA) is 46.5 Å². The molecule has 1 rings (SSSR count). The SMILES string of the molecule is CCOc1cc(C)sc1CC(=O)O. The van der Waals surface area contributed by atoms with Crippen molar-refractivity contribution in [3.05, 3.63) is 15.8 Å². The molecular weight excluding hydrogens is 188 g/mol. The van der Waals surface area contributed by atoms with Crippen molar-refractivity contribution in [3.8, 4) is 5.75 Å². The second-order valence-electron chi connectivity index (χ2n) is 2.65. The number of ether oxygens (including phenoxy) is 1. The lowest BCUT2D eigenvalue weighted by Gasteiger charge is -2.01. The zero-order chi connectivity index (χ0) is 9.84. The normalized spacial score (nSPS) is 10.0. The summed E-state index contributed by atoms with van der Waals surface area (Å²) in [5, 5.41) is 8.62. The largest absolute Gasteiger partial charge is 0.493 e. The number of hydrogen-bond donors (Lipinski definition) is 1. The molecule has 0 bridgehead atoms. The maximum absolute atomic E-state index is 10.5. The summed E-state index contributed by atoms with van der Waals surface area (Å²) in [5.41, 5.74) is 0. The first kappa shape index (κ1) is 10.1. The third kappa shape index (κ3) is 2.73. The fraction of sp³-hybridized carbons (Fsp3) is 0.444. The van der Waals surface area contributed by atoms with Crippen molar-refractivity contribution in [1.82, 2.24) is 0 Å². The monoisotopic (exact) mass is 200 g/mol. The summed E-state index contributed by atoms with van der Waals surface area (Å²) in [4.78, 5) is 12.4. The third-order valence-corrected chi connectivity index (χ3v) is 2.54. The van der Waals surface area contributed by atoms with E-state index in [1.807, 2.05) is 19.9 Å². The number of carboxylic acids is 1. The predicted molar refractivity (Wildman–Crippen MR) is 51.6 cm³/mol. The smallest absolute Gasteiger partial charge is 0.308 e. The summed E-state index contributed by atoms with van der Waals surface area (Å²) in [7, 11) is 0. The van der Waals surface area contributed by atoms with Gasteiger partial charge in [-0.3, -0.25) is 4.79 Å². The van der Waals surface area contributed by atoms with Gasteiger partial charge in [-0.05, 0) is 19.9 Å². The Labute approximate surface area is 81.0 Å². The van der Waals surface area contributed by atoms with Crippen LogP contribution in [0.2, 0.25) is 0 Å². The van der Waals surface area contributed by atoms with E-state index in [9.17, 15) is 4.79 Å². The standard InChI is InChI=1S/C9H12O3S/c1-3-12-7-4-6(2)13-8(7)5-9(10)11/h4H,3,5H2,1-2H3,(H,10,11). The van der Waals surface area contributed by atoms with Gasteiger partial charge in [0.25, 0.3) is 0 Å². The Hall–Kier alpha value is -1.03. The van der Waals surface area contributed by atoms with Crippen LogP contribution in [0.5, 0.6) is 5.75 Å². The van der Waals surface area contributed by atoms with Crippen molar-refractivity contribution >= 4 is 17.3 Å².